The summed E-state index contributed by atoms with van der Waals surface area (Å²) in [6.07, 6.45) is 9.66. The fraction of sp³-hybridized carbons (Fsp3) is 0.450. The van der Waals surface area contributed by atoms with Crippen molar-refractivity contribution in [3.8, 4) is 0 Å². The summed E-state index contributed by atoms with van der Waals surface area (Å²) >= 11 is 0. The van der Waals surface area contributed by atoms with Crippen molar-refractivity contribution < 1.29 is 9.59 Å². The monoisotopic (exact) mass is 365 g/mol. The Balaban J connectivity index is 1.45. The Bertz CT molecular complexity index is 833. The second-order valence-electron chi connectivity index (χ2n) is 7.58. The van der Waals surface area contributed by atoms with Crippen molar-refractivity contribution >= 4 is 11.8 Å². The van der Waals surface area contributed by atoms with E-state index in [1.165, 1.54) is 6.20 Å². The number of nitrogens with one attached hydrogen (secondary N) is 1. The number of carbonyl (C=O) groups is 2. The van der Waals surface area contributed by atoms with E-state index in [2.05, 4.69) is 20.3 Å². The Hall–Kier alpha value is -2.83. The van der Waals surface area contributed by atoms with Gasteiger partial charge in [0.1, 0.15) is 5.69 Å². The summed E-state index contributed by atoms with van der Waals surface area (Å²) in [5.74, 6) is -0.301. The molecular formula is C20H23N5O2. The molecule has 2 aromatic heterocycles. The van der Waals surface area contributed by atoms with Crippen LogP contribution in [0.1, 0.15) is 41.0 Å². The summed E-state index contributed by atoms with van der Waals surface area (Å²) in [4.78, 5) is 39.9. The van der Waals surface area contributed by atoms with E-state index in [1.807, 2.05) is 19.1 Å². The van der Waals surface area contributed by atoms with Crippen LogP contribution in [0.25, 0.3) is 0 Å². The molecule has 0 bridgehead atoms. The molecule has 3 heterocycles. The van der Waals surface area contributed by atoms with Crippen molar-refractivity contribution in [2.24, 2.45) is 11.3 Å². The Kier molecular flexibility index (Phi) is 4.59. The van der Waals surface area contributed by atoms with Gasteiger partial charge in [-0.25, -0.2) is 4.98 Å². The number of amides is 2. The van der Waals surface area contributed by atoms with E-state index in [0.29, 0.717) is 25.3 Å². The molecule has 0 radical (unpaired) electrons. The van der Waals surface area contributed by atoms with Gasteiger partial charge in [0.25, 0.3) is 5.91 Å². The number of nitrogens with zero attached hydrogens (tertiary/aromatic N) is 4. The minimum atomic E-state index is -0.176. The lowest BCUT2D eigenvalue weighted by molar-refractivity contribution is -0.129. The van der Waals surface area contributed by atoms with Crippen LogP contribution >= 0.6 is 0 Å². The van der Waals surface area contributed by atoms with Gasteiger partial charge in [0, 0.05) is 43.6 Å². The lowest BCUT2D eigenvalue weighted by Crippen LogP contribution is -2.45. The van der Waals surface area contributed by atoms with Crippen molar-refractivity contribution in [2.45, 2.75) is 32.7 Å². The van der Waals surface area contributed by atoms with E-state index < -0.39 is 0 Å². The van der Waals surface area contributed by atoms with Gasteiger partial charge in [-0.05, 0) is 31.4 Å². The van der Waals surface area contributed by atoms with Gasteiger partial charge >= 0.3 is 0 Å². The predicted molar refractivity (Wildman–Crippen MR) is 98.5 cm³/mol. The minimum Gasteiger partial charge on any atom is -0.352 e. The third kappa shape index (κ3) is 3.41. The Morgan fingerprint density at radius 3 is 2.74 bits per heavy atom. The maximum atomic E-state index is 12.9. The fourth-order valence-electron chi connectivity index (χ4n) is 4.10. The van der Waals surface area contributed by atoms with Crippen molar-refractivity contribution in [2.75, 3.05) is 13.1 Å². The van der Waals surface area contributed by atoms with E-state index in [-0.39, 0.29) is 23.1 Å². The third-order valence-corrected chi connectivity index (χ3v) is 5.79. The van der Waals surface area contributed by atoms with E-state index in [9.17, 15) is 9.59 Å². The minimum absolute atomic E-state index is 0.0174. The maximum absolute atomic E-state index is 12.9. The average molecular weight is 365 g/mol. The van der Waals surface area contributed by atoms with Gasteiger partial charge in [-0.3, -0.25) is 19.6 Å². The van der Waals surface area contributed by atoms with Crippen molar-refractivity contribution in [1.82, 2.24) is 25.2 Å². The van der Waals surface area contributed by atoms with Gasteiger partial charge in [0.15, 0.2) is 0 Å². The van der Waals surface area contributed by atoms with Gasteiger partial charge in [-0.1, -0.05) is 12.5 Å². The van der Waals surface area contributed by atoms with Gasteiger partial charge in [0.05, 0.1) is 17.8 Å². The molecule has 2 aromatic rings. The molecule has 1 saturated carbocycles. The van der Waals surface area contributed by atoms with Crippen LogP contribution in [0.3, 0.4) is 0 Å². The second-order valence-corrected chi connectivity index (χ2v) is 7.58. The fourth-order valence-corrected chi connectivity index (χ4v) is 4.10. The van der Waals surface area contributed by atoms with E-state index >= 15 is 0 Å². The highest BCUT2D eigenvalue weighted by molar-refractivity contribution is 5.93. The summed E-state index contributed by atoms with van der Waals surface area (Å²) in [6, 6.07) is 3.79. The molecular weight excluding hydrogens is 342 g/mol. The zero-order valence-electron chi connectivity index (χ0n) is 15.4. The standard InChI is InChI=1S/C20H23N5O2/c1-14-8-23-17(11-22-14)19(27)25-12-16(20(13-25)5-3-6-20)18(26)24-10-15-4-2-7-21-9-15/h2,4,7-9,11,16H,3,5-6,10,12-13H2,1H3,(H,24,26). The summed E-state index contributed by atoms with van der Waals surface area (Å²) in [5.41, 5.74) is 1.99. The maximum Gasteiger partial charge on any atom is 0.274 e. The molecule has 1 unspecified atom stereocenters. The van der Waals surface area contributed by atoms with E-state index in [1.54, 1.807) is 23.5 Å². The molecule has 27 heavy (non-hydrogen) atoms. The van der Waals surface area contributed by atoms with Gasteiger partial charge in [-0.15, -0.1) is 0 Å². The van der Waals surface area contributed by atoms with Crippen LogP contribution in [0, 0.1) is 18.3 Å². The Morgan fingerprint density at radius 2 is 2.11 bits per heavy atom. The van der Waals surface area contributed by atoms with Crippen molar-refractivity contribution in [1.29, 1.82) is 0 Å². The smallest absolute Gasteiger partial charge is 0.274 e. The van der Waals surface area contributed by atoms with Crippen LogP contribution in [0.5, 0.6) is 0 Å². The molecule has 1 aliphatic heterocycles. The molecule has 1 spiro atoms. The number of likely N-dealkylation sites (tertiary alicyclic amines) is 1. The number of hydrogen-bond acceptors (Lipinski definition) is 5. The van der Waals surface area contributed by atoms with E-state index in [4.69, 9.17) is 0 Å². The molecule has 1 aliphatic carbocycles. The summed E-state index contributed by atoms with van der Waals surface area (Å²) < 4.78 is 0. The number of rotatable bonds is 4. The zero-order chi connectivity index (χ0) is 18.9. The Morgan fingerprint density at radius 1 is 1.26 bits per heavy atom. The molecule has 2 aliphatic rings. The van der Waals surface area contributed by atoms with Crippen LogP contribution in [0.4, 0.5) is 0 Å². The van der Waals surface area contributed by atoms with Crippen molar-refractivity contribution in [3.05, 3.63) is 53.9 Å². The van der Waals surface area contributed by atoms with Gasteiger partial charge in [0.2, 0.25) is 5.91 Å². The molecule has 140 valence electrons. The number of aromatic nitrogens is 3. The largest absolute Gasteiger partial charge is 0.352 e. The lowest BCUT2D eigenvalue weighted by Gasteiger charge is -2.41. The highest BCUT2D eigenvalue weighted by atomic mass is 16.2. The molecule has 1 saturated heterocycles. The van der Waals surface area contributed by atoms with Gasteiger partial charge in [-0.2, -0.15) is 0 Å². The number of pyridine rings is 1. The van der Waals surface area contributed by atoms with Crippen LogP contribution < -0.4 is 5.32 Å². The molecule has 1 atom stereocenters. The first-order chi connectivity index (χ1) is 13.1. The van der Waals surface area contributed by atoms with E-state index in [0.717, 1.165) is 30.5 Å². The normalized spacial score (nSPS) is 20.3. The molecule has 7 nitrogen and oxygen atoms in total. The zero-order valence-corrected chi connectivity index (χ0v) is 15.4. The summed E-state index contributed by atoms with van der Waals surface area (Å²) in [7, 11) is 0. The quantitative estimate of drug-likeness (QED) is 0.892. The molecule has 4 rings (SSSR count). The number of hydrogen-bond donors (Lipinski definition) is 1. The van der Waals surface area contributed by atoms with Crippen LogP contribution in [-0.4, -0.2) is 44.8 Å². The summed E-state index contributed by atoms with van der Waals surface area (Å²) in [6.45, 7) is 3.35. The highest BCUT2D eigenvalue weighted by Gasteiger charge is 2.54. The first-order valence-corrected chi connectivity index (χ1v) is 9.32. The SMILES string of the molecule is Cc1cnc(C(=O)N2CC(C(=O)NCc3cccnc3)C3(CCC3)C2)cn1. The number of aryl methyl sites for hydroxylation is 1. The predicted octanol–water partition coefficient (Wildman–Crippen LogP) is 1.74. The van der Waals surface area contributed by atoms with Crippen LogP contribution in [0.15, 0.2) is 36.9 Å². The molecule has 7 heteroatoms. The number of carbonyl (C=O) groups excluding carboxylic acids is 2. The molecule has 1 N–H and O–H groups in total. The lowest BCUT2D eigenvalue weighted by atomic mass is 9.62. The van der Waals surface area contributed by atoms with Gasteiger partial charge < -0.3 is 10.2 Å². The Labute approximate surface area is 158 Å². The molecule has 2 fully saturated rings. The molecule has 0 aromatic carbocycles. The molecule has 2 amide bonds. The second kappa shape index (κ2) is 7.06. The topological polar surface area (TPSA) is 88.1 Å². The van der Waals surface area contributed by atoms with Crippen molar-refractivity contribution in [3.63, 3.8) is 0 Å². The third-order valence-electron chi connectivity index (χ3n) is 5.79. The average Bonchev–Trinajstić information content (AvgIpc) is 3.08. The first kappa shape index (κ1) is 17.6. The summed E-state index contributed by atoms with van der Waals surface area (Å²) in [5, 5.41) is 3.03. The first-order valence-electron chi connectivity index (χ1n) is 9.32. The van der Waals surface area contributed by atoms with Crippen LogP contribution in [-0.2, 0) is 11.3 Å². The van der Waals surface area contributed by atoms with Crippen LogP contribution in [0.2, 0.25) is 0 Å². The highest BCUT2D eigenvalue weighted by Crippen LogP contribution is 2.51.